The van der Waals surface area contributed by atoms with Gasteiger partial charge in [-0.2, -0.15) is 4.98 Å². The average molecular weight is 374 g/mol. The summed E-state index contributed by atoms with van der Waals surface area (Å²) in [4.78, 5) is 43.9. The zero-order chi connectivity index (χ0) is 19.3. The fourth-order valence-corrected chi connectivity index (χ4v) is 4.54. The predicted octanol–water partition coefficient (Wildman–Crippen LogP) is 0.171. The third-order valence-electron chi connectivity index (χ3n) is 5.80. The smallest absolute Gasteiger partial charge is 0.332 e. The number of hydrogen-bond donors (Lipinski definition) is 1. The van der Waals surface area contributed by atoms with Gasteiger partial charge in [0.15, 0.2) is 11.2 Å². The summed E-state index contributed by atoms with van der Waals surface area (Å²) in [6.45, 7) is 3.30. The lowest BCUT2D eigenvalue weighted by atomic mass is 9.93. The molecule has 27 heavy (non-hydrogen) atoms. The maximum Gasteiger partial charge on any atom is 0.332 e. The van der Waals surface area contributed by atoms with E-state index in [1.807, 2.05) is 4.57 Å². The van der Waals surface area contributed by atoms with Crippen LogP contribution in [0.1, 0.15) is 39.0 Å². The van der Waals surface area contributed by atoms with Gasteiger partial charge in [-0.3, -0.25) is 14.2 Å². The maximum atomic E-state index is 13.0. The maximum absolute atomic E-state index is 13.0. The first-order chi connectivity index (χ1) is 12.9. The molecule has 0 spiro atoms. The van der Waals surface area contributed by atoms with Crippen molar-refractivity contribution in [1.29, 1.82) is 0 Å². The molecule has 1 fully saturated rings. The second kappa shape index (κ2) is 6.54. The number of rotatable bonds is 3. The summed E-state index contributed by atoms with van der Waals surface area (Å²) < 4.78 is 4.18. The number of aryl methyl sites for hydroxylation is 1. The highest BCUT2D eigenvalue weighted by atomic mass is 16.2. The monoisotopic (exact) mass is 374 g/mol. The SMILES string of the molecule is C[C@@H]1CN(C2CCCCC2)c2nc3c(c(=O)n(CC(N)=O)c(=O)n3C)n2C1. The van der Waals surface area contributed by atoms with Crippen molar-refractivity contribution in [3.63, 3.8) is 0 Å². The zero-order valence-electron chi connectivity index (χ0n) is 15.8. The van der Waals surface area contributed by atoms with E-state index in [-0.39, 0.29) is 0 Å². The fourth-order valence-electron chi connectivity index (χ4n) is 4.54. The second-order valence-corrected chi connectivity index (χ2v) is 7.94. The molecule has 9 heteroatoms. The molecular formula is C18H26N6O3. The molecule has 1 saturated carbocycles. The minimum atomic E-state index is -0.718. The van der Waals surface area contributed by atoms with Crippen molar-refractivity contribution < 1.29 is 4.79 Å². The van der Waals surface area contributed by atoms with Gasteiger partial charge in [-0.25, -0.2) is 9.36 Å². The largest absolute Gasteiger partial charge is 0.368 e. The predicted molar refractivity (Wildman–Crippen MR) is 102 cm³/mol. The Morgan fingerprint density at radius 1 is 1.19 bits per heavy atom. The Balaban J connectivity index is 1.94. The van der Waals surface area contributed by atoms with Crippen molar-refractivity contribution >= 4 is 23.0 Å². The molecule has 0 aromatic carbocycles. The number of nitrogens with two attached hydrogens (primary N) is 1. The van der Waals surface area contributed by atoms with E-state index in [4.69, 9.17) is 10.7 Å². The molecule has 0 saturated heterocycles. The highest BCUT2D eigenvalue weighted by Crippen LogP contribution is 2.32. The van der Waals surface area contributed by atoms with Crippen molar-refractivity contribution in [2.24, 2.45) is 18.7 Å². The molecule has 9 nitrogen and oxygen atoms in total. The second-order valence-electron chi connectivity index (χ2n) is 7.94. The zero-order valence-corrected chi connectivity index (χ0v) is 15.8. The third-order valence-corrected chi connectivity index (χ3v) is 5.80. The van der Waals surface area contributed by atoms with Crippen LogP contribution in [0.4, 0.5) is 5.95 Å². The van der Waals surface area contributed by atoms with Gasteiger partial charge in [-0.15, -0.1) is 0 Å². The molecule has 1 atom stereocenters. The van der Waals surface area contributed by atoms with E-state index >= 15 is 0 Å². The van der Waals surface area contributed by atoms with Crippen molar-refractivity contribution in [2.75, 3.05) is 11.4 Å². The molecule has 2 N–H and O–H groups in total. The molecule has 2 aromatic rings. The Morgan fingerprint density at radius 3 is 2.56 bits per heavy atom. The lowest BCUT2D eigenvalue weighted by Gasteiger charge is -2.40. The summed E-state index contributed by atoms with van der Waals surface area (Å²) in [5, 5.41) is 0. The summed E-state index contributed by atoms with van der Waals surface area (Å²) >= 11 is 0. The number of primary amides is 1. The minimum absolute atomic E-state index is 0.359. The summed E-state index contributed by atoms with van der Waals surface area (Å²) in [6.07, 6.45) is 5.93. The van der Waals surface area contributed by atoms with Gasteiger partial charge >= 0.3 is 5.69 Å². The highest BCUT2D eigenvalue weighted by molar-refractivity contribution is 5.77. The summed E-state index contributed by atoms with van der Waals surface area (Å²) in [7, 11) is 1.58. The summed E-state index contributed by atoms with van der Waals surface area (Å²) in [6, 6.07) is 0.418. The number of imidazole rings is 1. The van der Waals surface area contributed by atoms with Gasteiger partial charge in [-0.1, -0.05) is 26.2 Å². The van der Waals surface area contributed by atoms with Gasteiger partial charge in [0.25, 0.3) is 5.56 Å². The Kier molecular flexibility index (Phi) is 4.32. The molecule has 0 radical (unpaired) electrons. The third kappa shape index (κ3) is 2.85. The molecule has 1 aliphatic carbocycles. The molecule has 146 valence electrons. The number of aromatic nitrogens is 4. The van der Waals surface area contributed by atoms with Gasteiger partial charge in [0, 0.05) is 26.2 Å². The normalized spacial score (nSPS) is 20.8. The van der Waals surface area contributed by atoms with Crippen LogP contribution in [0.15, 0.2) is 9.59 Å². The lowest BCUT2D eigenvalue weighted by molar-refractivity contribution is -0.118. The first kappa shape index (κ1) is 17.8. The molecule has 2 aliphatic rings. The van der Waals surface area contributed by atoms with Crippen molar-refractivity contribution in [2.45, 2.75) is 58.2 Å². The van der Waals surface area contributed by atoms with E-state index in [9.17, 15) is 14.4 Å². The topological polar surface area (TPSA) is 108 Å². The van der Waals surface area contributed by atoms with E-state index in [2.05, 4.69) is 11.8 Å². The molecule has 0 bridgehead atoms. The van der Waals surface area contributed by atoms with E-state index in [0.717, 1.165) is 29.9 Å². The van der Waals surface area contributed by atoms with E-state index in [1.165, 1.54) is 23.8 Å². The number of amides is 1. The Labute approximate surface area is 156 Å². The molecule has 4 rings (SSSR count). The number of hydrogen-bond acceptors (Lipinski definition) is 5. The molecular weight excluding hydrogens is 348 g/mol. The van der Waals surface area contributed by atoms with E-state index < -0.39 is 23.7 Å². The number of carbonyl (C=O) groups is 1. The van der Waals surface area contributed by atoms with Gasteiger partial charge in [0.1, 0.15) is 6.54 Å². The molecule has 2 aromatic heterocycles. The van der Waals surface area contributed by atoms with Crippen LogP contribution in [0, 0.1) is 5.92 Å². The minimum Gasteiger partial charge on any atom is -0.368 e. The van der Waals surface area contributed by atoms with Gasteiger partial charge in [-0.05, 0) is 18.8 Å². The quantitative estimate of drug-likeness (QED) is 0.824. The Hall–Kier alpha value is -2.58. The molecule has 3 heterocycles. The van der Waals surface area contributed by atoms with Crippen molar-refractivity contribution in [3.05, 3.63) is 20.8 Å². The van der Waals surface area contributed by atoms with Crippen LogP contribution in [0.3, 0.4) is 0 Å². The van der Waals surface area contributed by atoms with E-state index in [1.54, 1.807) is 7.05 Å². The first-order valence-corrected chi connectivity index (χ1v) is 9.63. The lowest BCUT2D eigenvalue weighted by Crippen LogP contribution is -2.46. The van der Waals surface area contributed by atoms with Crippen LogP contribution in [-0.2, 0) is 24.9 Å². The Morgan fingerprint density at radius 2 is 1.89 bits per heavy atom. The van der Waals surface area contributed by atoms with Gasteiger partial charge in [0.2, 0.25) is 11.9 Å². The van der Waals surface area contributed by atoms with Crippen molar-refractivity contribution in [1.82, 2.24) is 18.7 Å². The highest BCUT2D eigenvalue weighted by Gasteiger charge is 2.33. The molecule has 1 amide bonds. The number of carbonyl (C=O) groups excluding carboxylic acids is 1. The van der Waals surface area contributed by atoms with Crippen LogP contribution in [0.2, 0.25) is 0 Å². The standard InChI is InChI=1S/C18H26N6O3/c1-11-8-22(12-6-4-3-5-7-12)17-20-15-14(23(17)9-11)16(26)24(10-13(19)25)18(27)21(15)2/h11-12H,3-10H2,1-2H3,(H2,19,25)/t11-/m1/s1. The Bertz CT molecular complexity index is 1010. The number of nitrogens with zero attached hydrogens (tertiary/aromatic N) is 5. The summed E-state index contributed by atoms with van der Waals surface area (Å²) in [5.41, 5.74) is 4.91. The first-order valence-electron chi connectivity index (χ1n) is 9.63. The summed E-state index contributed by atoms with van der Waals surface area (Å²) in [5.74, 6) is 0.404. The van der Waals surface area contributed by atoms with E-state index in [0.29, 0.717) is 29.7 Å². The van der Waals surface area contributed by atoms with Gasteiger partial charge < -0.3 is 15.2 Å². The van der Waals surface area contributed by atoms with Gasteiger partial charge in [0.05, 0.1) is 0 Å². The van der Waals surface area contributed by atoms with Crippen LogP contribution in [0.5, 0.6) is 0 Å². The van der Waals surface area contributed by atoms with Crippen LogP contribution in [-0.4, -0.2) is 37.2 Å². The van der Waals surface area contributed by atoms with Crippen LogP contribution in [0.25, 0.3) is 11.2 Å². The average Bonchev–Trinajstić information content (AvgIpc) is 3.03. The molecule has 1 aliphatic heterocycles. The van der Waals surface area contributed by atoms with Crippen LogP contribution >= 0.6 is 0 Å². The van der Waals surface area contributed by atoms with Crippen LogP contribution < -0.4 is 21.9 Å². The number of fused-ring (bicyclic) bond motifs is 3. The van der Waals surface area contributed by atoms with Crippen molar-refractivity contribution in [3.8, 4) is 0 Å². The number of anilines is 1. The molecule has 0 unspecified atom stereocenters. The fraction of sp³-hybridized carbons (Fsp3) is 0.667.